The molecule has 8 heteroatoms. The number of nitrogens with two attached hydrogens (primary N) is 1. The monoisotopic (exact) mass is 314 g/mol. The number of aromatic nitrogens is 1. The van der Waals surface area contributed by atoms with Crippen molar-refractivity contribution in [2.45, 2.75) is 0 Å². The van der Waals surface area contributed by atoms with Gasteiger partial charge in [0.2, 0.25) is 0 Å². The number of rotatable bonds is 4. The van der Waals surface area contributed by atoms with E-state index in [4.69, 9.17) is 10.8 Å². The van der Waals surface area contributed by atoms with Gasteiger partial charge in [-0.2, -0.15) is 0 Å². The van der Waals surface area contributed by atoms with Crippen LogP contribution in [0.1, 0.15) is 20.7 Å². The first-order valence-electron chi connectivity index (χ1n) is 6.89. The van der Waals surface area contributed by atoms with E-state index >= 15 is 0 Å². The zero-order valence-corrected chi connectivity index (χ0v) is 12.0. The summed E-state index contributed by atoms with van der Waals surface area (Å²) in [5.41, 5.74) is 6.68. The van der Waals surface area contributed by atoms with E-state index in [0.717, 1.165) is 11.8 Å². The lowest BCUT2D eigenvalue weighted by Crippen LogP contribution is -2.24. The fraction of sp³-hybridized carbons (Fsp3) is 0.133. The largest absolute Gasteiger partial charge is 0.395 e. The molecule has 23 heavy (non-hydrogen) atoms. The van der Waals surface area contributed by atoms with Gasteiger partial charge in [-0.05, 0) is 24.3 Å². The smallest absolute Gasteiger partial charge is 0.262 e. The van der Waals surface area contributed by atoms with Crippen LogP contribution in [-0.2, 0) is 0 Å². The summed E-state index contributed by atoms with van der Waals surface area (Å²) >= 11 is 0. The van der Waals surface area contributed by atoms with Gasteiger partial charge in [0.15, 0.2) is 0 Å². The summed E-state index contributed by atoms with van der Waals surface area (Å²) in [6.07, 6.45) is 0. The Kier molecular flexibility index (Phi) is 3.59. The van der Waals surface area contributed by atoms with Crippen molar-refractivity contribution >= 4 is 23.3 Å². The van der Waals surface area contributed by atoms with Crippen LogP contribution in [0.15, 0.2) is 35.1 Å². The summed E-state index contributed by atoms with van der Waals surface area (Å²) in [4.78, 5) is 35.7. The lowest BCUT2D eigenvalue weighted by atomic mass is 10.1. The molecular weight excluding hydrogens is 300 g/mol. The second kappa shape index (κ2) is 5.58. The fourth-order valence-electron chi connectivity index (χ4n) is 2.47. The molecule has 3 rings (SSSR count). The van der Waals surface area contributed by atoms with Crippen LogP contribution in [0.3, 0.4) is 0 Å². The highest BCUT2D eigenvalue weighted by atomic mass is 16.3. The van der Waals surface area contributed by atoms with Crippen molar-refractivity contribution in [3.63, 3.8) is 0 Å². The van der Waals surface area contributed by atoms with Crippen LogP contribution >= 0.6 is 0 Å². The van der Waals surface area contributed by atoms with Crippen molar-refractivity contribution in [3.05, 3.63) is 51.8 Å². The lowest BCUT2D eigenvalue weighted by Gasteiger charge is -2.12. The zero-order valence-electron chi connectivity index (χ0n) is 12.0. The molecule has 1 aliphatic rings. The number of benzene rings is 1. The molecule has 2 aromatic rings. The van der Waals surface area contributed by atoms with E-state index in [1.165, 1.54) is 4.57 Å². The molecule has 8 nitrogen and oxygen atoms in total. The van der Waals surface area contributed by atoms with Crippen molar-refractivity contribution in [1.82, 2.24) is 9.88 Å². The molecule has 0 saturated carbocycles. The Morgan fingerprint density at radius 1 is 1.13 bits per heavy atom. The minimum absolute atomic E-state index is 0.00210. The molecule has 1 aromatic carbocycles. The summed E-state index contributed by atoms with van der Waals surface area (Å²) in [5, 5.41) is 13.9. The van der Waals surface area contributed by atoms with Crippen LogP contribution in [0.5, 0.6) is 0 Å². The van der Waals surface area contributed by atoms with E-state index in [1.54, 1.807) is 24.3 Å². The molecule has 1 aliphatic heterocycles. The molecule has 0 atom stereocenters. The van der Waals surface area contributed by atoms with Gasteiger partial charge in [-0.3, -0.25) is 24.3 Å². The summed E-state index contributed by atoms with van der Waals surface area (Å²) in [7, 11) is 0. The Bertz CT molecular complexity index is 855. The van der Waals surface area contributed by atoms with Crippen molar-refractivity contribution in [2.24, 2.45) is 0 Å². The van der Waals surface area contributed by atoms with Gasteiger partial charge < -0.3 is 16.2 Å². The number of aliphatic hydroxyl groups excluding tert-OH is 1. The van der Waals surface area contributed by atoms with E-state index in [9.17, 15) is 14.4 Å². The highest BCUT2D eigenvalue weighted by Crippen LogP contribution is 2.23. The predicted molar refractivity (Wildman–Crippen MR) is 83.8 cm³/mol. The summed E-state index contributed by atoms with van der Waals surface area (Å²) in [5.74, 6) is -1.31. The van der Waals surface area contributed by atoms with Crippen LogP contribution in [0, 0.1) is 0 Å². The zero-order chi connectivity index (χ0) is 16.6. The van der Waals surface area contributed by atoms with Gasteiger partial charge in [0, 0.05) is 18.3 Å². The minimum Gasteiger partial charge on any atom is -0.395 e. The first kappa shape index (κ1) is 14.8. The minimum atomic E-state index is -0.621. The number of anilines is 2. The average molecular weight is 314 g/mol. The Labute approximate surface area is 130 Å². The van der Waals surface area contributed by atoms with Crippen LogP contribution in [0.25, 0.3) is 5.69 Å². The Balaban J connectivity index is 2.07. The molecular formula is C15H14N4O4. The molecule has 0 bridgehead atoms. The maximum Gasteiger partial charge on any atom is 0.262 e. The molecule has 0 fully saturated rings. The first-order chi connectivity index (χ1) is 11.0. The third-order valence-electron chi connectivity index (χ3n) is 3.52. The number of amides is 2. The summed E-state index contributed by atoms with van der Waals surface area (Å²) in [6.45, 7) is 0.407. The number of carbonyl (C=O) groups is 2. The number of hydrogen-bond donors (Lipinski definition) is 4. The van der Waals surface area contributed by atoms with E-state index in [2.05, 4.69) is 10.6 Å². The molecule has 2 amide bonds. The van der Waals surface area contributed by atoms with E-state index in [0.29, 0.717) is 12.2 Å². The van der Waals surface area contributed by atoms with Crippen molar-refractivity contribution in [3.8, 4) is 5.69 Å². The van der Waals surface area contributed by atoms with Gasteiger partial charge in [0.05, 0.1) is 23.4 Å². The summed E-state index contributed by atoms with van der Waals surface area (Å²) < 4.78 is 1.17. The van der Waals surface area contributed by atoms with Gasteiger partial charge >= 0.3 is 0 Å². The van der Waals surface area contributed by atoms with E-state index in [-0.39, 0.29) is 23.6 Å². The molecule has 118 valence electrons. The maximum atomic E-state index is 12.3. The number of fused-ring (bicyclic) bond motifs is 1. The normalized spacial score (nSPS) is 12.9. The topological polar surface area (TPSA) is 126 Å². The molecule has 2 heterocycles. The maximum absolute atomic E-state index is 12.3. The number of aliphatic hydroxyl groups is 1. The molecule has 0 spiro atoms. The molecule has 0 radical (unpaired) electrons. The van der Waals surface area contributed by atoms with Crippen molar-refractivity contribution in [1.29, 1.82) is 0 Å². The standard InChI is InChI=1S/C15H14N4O4/c16-13-12-10(14(22)18-15(12)23)7-11(21)19(13)9-3-1-8(2-4-9)17-5-6-20/h1-4,7,17,20H,5-6,16H2,(H,18,22,23). The SMILES string of the molecule is Nc1c2c(cc(=O)n1-c1ccc(NCCO)cc1)C(=O)NC2=O. The number of nitrogens with zero attached hydrogens (tertiary/aromatic N) is 1. The van der Waals surface area contributed by atoms with Crippen molar-refractivity contribution in [2.75, 3.05) is 24.2 Å². The average Bonchev–Trinajstić information content (AvgIpc) is 2.81. The van der Waals surface area contributed by atoms with E-state index < -0.39 is 17.4 Å². The fourth-order valence-corrected chi connectivity index (χ4v) is 2.47. The van der Waals surface area contributed by atoms with Gasteiger partial charge in [0.1, 0.15) is 5.82 Å². The Hall–Kier alpha value is -3.13. The third kappa shape index (κ3) is 2.44. The number of carbonyl (C=O) groups excluding carboxylic acids is 2. The number of pyridine rings is 1. The first-order valence-corrected chi connectivity index (χ1v) is 6.89. The molecule has 0 saturated heterocycles. The lowest BCUT2D eigenvalue weighted by molar-refractivity contribution is 0.0880. The van der Waals surface area contributed by atoms with Crippen LogP contribution < -0.4 is 21.9 Å². The summed E-state index contributed by atoms with van der Waals surface area (Å²) in [6, 6.07) is 7.84. The van der Waals surface area contributed by atoms with E-state index in [1.807, 2.05) is 0 Å². The molecule has 0 aliphatic carbocycles. The number of hydrogen-bond acceptors (Lipinski definition) is 6. The van der Waals surface area contributed by atoms with Gasteiger partial charge in [-0.1, -0.05) is 0 Å². The van der Waals surface area contributed by atoms with Gasteiger partial charge in [0.25, 0.3) is 17.4 Å². The molecule has 5 N–H and O–H groups in total. The Morgan fingerprint density at radius 2 is 1.83 bits per heavy atom. The number of nitrogen functional groups attached to an aromatic ring is 1. The number of nitrogens with one attached hydrogen (secondary N) is 2. The predicted octanol–water partition coefficient (Wildman–Crippen LogP) is -0.293. The molecule has 1 aromatic heterocycles. The Morgan fingerprint density at radius 3 is 2.48 bits per heavy atom. The second-order valence-electron chi connectivity index (χ2n) is 4.97. The van der Waals surface area contributed by atoms with Crippen molar-refractivity contribution < 1.29 is 14.7 Å². The third-order valence-corrected chi connectivity index (χ3v) is 3.52. The highest BCUT2D eigenvalue weighted by molar-refractivity contribution is 6.23. The van der Waals surface area contributed by atoms with Crippen LogP contribution in [0.4, 0.5) is 11.5 Å². The van der Waals surface area contributed by atoms with Crippen LogP contribution in [-0.4, -0.2) is 34.6 Å². The molecule has 0 unspecified atom stereocenters. The van der Waals surface area contributed by atoms with Gasteiger partial charge in [-0.25, -0.2) is 0 Å². The van der Waals surface area contributed by atoms with Crippen LogP contribution in [0.2, 0.25) is 0 Å². The highest BCUT2D eigenvalue weighted by Gasteiger charge is 2.31. The quantitative estimate of drug-likeness (QED) is 0.574. The second-order valence-corrected chi connectivity index (χ2v) is 4.97. The van der Waals surface area contributed by atoms with Gasteiger partial charge in [-0.15, -0.1) is 0 Å². The number of imide groups is 1.